The molecule has 1 aliphatic rings. The first-order valence-corrected chi connectivity index (χ1v) is 8.47. The molecule has 1 fully saturated rings. The number of hydrogen-bond donors (Lipinski definition) is 2. The molecule has 0 aliphatic heterocycles. The van der Waals surface area contributed by atoms with Gasteiger partial charge in [-0.2, -0.15) is 0 Å². The van der Waals surface area contributed by atoms with Gasteiger partial charge in [0.25, 0.3) is 5.97 Å². The van der Waals surface area contributed by atoms with Gasteiger partial charge in [0.05, 0.1) is 5.56 Å². The van der Waals surface area contributed by atoms with Crippen LogP contribution in [0.4, 0.5) is 0 Å². The standard InChI is InChI=1S/C13H10O2.C6H10O.C2H4O2/c14-13(15)12-8-6-11(7-9-12)10-4-2-1-3-5-10;7-5-6-3-1-2-4-6;1-2(3)4/h1-9H,(H,14,15);5-6H,1-4H2;1H3,(H,3,4). The van der Waals surface area contributed by atoms with Gasteiger partial charge in [-0.05, 0) is 36.1 Å². The second-order valence-corrected chi connectivity index (χ2v) is 5.95. The number of aliphatic carboxylic acids is 1. The average molecular weight is 356 g/mol. The predicted molar refractivity (Wildman–Crippen MR) is 100 cm³/mol. The second-order valence-electron chi connectivity index (χ2n) is 5.95. The normalized spacial score (nSPS) is 12.8. The van der Waals surface area contributed by atoms with Crippen molar-refractivity contribution < 1.29 is 24.6 Å². The van der Waals surface area contributed by atoms with Crippen LogP contribution in [0.3, 0.4) is 0 Å². The van der Waals surface area contributed by atoms with Crippen LogP contribution in [0, 0.1) is 5.92 Å². The molecule has 0 radical (unpaired) electrons. The Labute approximate surface area is 153 Å². The van der Waals surface area contributed by atoms with Crippen LogP contribution in [0.5, 0.6) is 0 Å². The molecule has 138 valence electrons. The van der Waals surface area contributed by atoms with Crippen molar-refractivity contribution in [3.8, 4) is 11.1 Å². The number of aldehydes is 1. The lowest BCUT2D eigenvalue weighted by Gasteiger charge is -2.01. The van der Waals surface area contributed by atoms with Crippen LogP contribution in [0.25, 0.3) is 11.1 Å². The van der Waals surface area contributed by atoms with Gasteiger partial charge in [-0.25, -0.2) is 4.79 Å². The highest BCUT2D eigenvalue weighted by atomic mass is 16.4. The van der Waals surface area contributed by atoms with E-state index in [0.29, 0.717) is 11.5 Å². The Hall–Kier alpha value is -2.95. The fraction of sp³-hybridized carbons (Fsp3) is 0.286. The van der Waals surface area contributed by atoms with Crippen molar-refractivity contribution in [2.45, 2.75) is 32.6 Å². The molecule has 0 amide bonds. The van der Waals surface area contributed by atoms with Crippen molar-refractivity contribution in [1.82, 2.24) is 0 Å². The maximum absolute atomic E-state index is 10.6. The monoisotopic (exact) mass is 356 g/mol. The lowest BCUT2D eigenvalue weighted by Crippen LogP contribution is -1.94. The Bertz CT molecular complexity index is 682. The van der Waals surface area contributed by atoms with Gasteiger partial charge < -0.3 is 15.0 Å². The number of carbonyl (C=O) groups excluding carboxylic acids is 1. The third-order valence-corrected chi connectivity index (χ3v) is 3.83. The first kappa shape index (κ1) is 21.1. The third-order valence-electron chi connectivity index (χ3n) is 3.83. The summed E-state index contributed by atoms with van der Waals surface area (Å²) < 4.78 is 0. The van der Waals surface area contributed by atoms with Gasteiger partial charge in [0, 0.05) is 12.8 Å². The third kappa shape index (κ3) is 8.24. The van der Waals surface area contributed by atoms with E-state index >= 15 is 0 Å². The molecule has 5 nitrogen and oxygen atoms in total. The lowest BCUT2D eigenvalue weighted by atomic mass is 10.0. The van der Waals surface area contributed by atoms with E-state index in [4.69, 9.17) is 15.0 Å². The number of carbonyl (C=O) groups is 3. The minimum atomic E-state index is -0.894. The van der Waals surface area contributed by atoms with Gasteiger partial charge in [0.1, 0.15) is 6.29 Å². The summed E-state index contributed by atoms with van der Waals surface area (Å²) in [5.74, 6) is -1.31. The number of hydrogen-bond acceptors (Lipinski definition) is 3. The molecule has 0 aromatic heterocycles. The fourth-order valence-corrected chi connectivity index (χ4v) is 2.53. The molecule has 2 N–H and O–H groups in total. The number of carboxylic acid groups (broad SMARTS) is 2. The molecule has 3 rings (SSSR count). The van der Waals surface area contributed by atoms with Gasteiger partial charge in [-0.15, -0.1) is 0 Å². The molecule has 0 bridgehead atoms. The van der Waals surface area contributed by atoms with E-state index in [0.717, 1.165) is 37.2 Å². The SMILES string of the molecule is CC(=O)O.O=C(O)c1ccc(-c2ccccc2)cc1.O=CC1CCCC1. The molecule has 1 saturated carbocycles. The first-order chi connectivity index (χ1) is 12.4. The average Bonchev–Trinajstić information content (AvgIpc) is 3.16. The first-order valence-electron chi connectivity index (χ1n) is 8.47. The Morgan fingerprint density at radius 1 is 0.885 bits per heavy atom. The quantitative estimate of drug-likeness (QED) is 0.789. The van der Waals surface area contributed by atoms with Crippen LogP contribution in [0.1, 0.15) is 43.0 Å². The van der Waals surface area contributed by atoms with E-state index in [2.05, 4.69) is 0 Å². The molecule has 2 aromatic rings. The maximum Gasteiger partial charge on any atom is 0.335 e. The summed E-state index contributed by atoms with van der Waals surface area (Å²) in [7, 11) is 0. The summed E-state index contributed by atoms with van der Waals surface area (Å²) in [6.45, 7) is 1.08. The van der Waals surface area contributed by atoms with Crippen molar-refractivity contribution >= 4 is 18.2 Å². The zero-order valence-electron chi connectivity index (χ0n) is 14.8. The van der Waals surface area contributed by atoms with Gasteiger partial charge in [0.2, 0.25) is 0 Å². The molecule has 0 saturated heterocycles. The lowest BCUT2D eigenvalue weighted by molar-refractivity contribution is -0.134. The summed E-state index contributed by atoms with van der Waals surface area (Å²) in [5, 5.41) is 16.2. The Morgan fingerprint density at radius 2 is 1.35 bits per heavy atom. The molecule has 26 heavy (non-hydrogen) atoms. The highest BCUT2D eigenvalue weighted by Gasteiger charge is 2.12. The van der Waals surface area contributed by atoms with E-state index in [-0.39, 0.29) is 0 Å². The zero-order chi connectivity index (χ0) is 19.4. The van der Waals surface area contributed by atoms with Crippen molar-refractivity contribution in [2.75, 3.05) is 0 Å². The number of benzene rings is 2. The largest absolute Gasteiger partial charge is 0.481 e. The smallest absolute Gasteiger partial charge is 0.335 e. The number of carboxylic acids is 2. The van der Waals surface area contributed by atoms with E-state index in [1.54, 1.807) is 12.1 Å². The second kappa shape index (κ2) is 11.6. The predicted octanol–water partition coefficient (Wildman–Crippen LogP) is 4.52. The highest BCUT2D eigenvalue weighted by Crippen LogP contribution is 2.22. The molecule has 2 aromatic carbocycles. The fourth-order valence-electron chi connectivity index (χ4n) is 2.53. The molecule has 1 aliphatic carbocycles. The van der Waals surface area contributed by atoms with Crippen LogP contribution in [-0.4, -0.2) is 28.4 Å². The molecule has 0 unspecified atom stereocenters. The number of aromatic carboxylic acids is 1. The summed E-state index contributed by atoms with van der Waals surface area (Å²) in [5.41, 5.74) is 2.43. The van der Waals surface area contributed by atoms with E-state index < -0.39 is 11.9 Å². The van der Waals surface area contributed by atoms with E-state index in [1.165, 1.54) is 12.8 Å². The highest BCUT2D eigenvalue weighted by molar-refractivity contribution is 5.88. The number of rotatable bonds is 3. The molecule has 5 heteroatoms. The Kier molecular flexibility index (Phi) is 9.39. The van der Waals surface area contributed by atoms with Crippen LogP contribution in [0.2, 0.25) is 0 Å². The van der Waals surface area contributed by atoms with Gasteiger partial charge >= 0.3 is 5.97 Å². The maximum atomic E-state index is 10.6. The Morgan fingerprint density at radius 3 is 1.73 bits per heavy atom. The Balaban J connectivity index is 0.000000255. The summed E-state index contributed by atoms with van der Waals surface area (Å²) in [6, 6.07) is 16.7. The van der Waals surface area contributed by atoms with Crippen LogP contribution in [0.15, 0.2) is 54.6 Å². The summed E-state index contributed by atoms with van der Waals surface area (Å²) >= 11 is 0. The van der Waals surface area contributed by atoms with Gasteiger partial charge in [0.15, 0.2) is 0 Å². The molecule has 0 atom stereocenters. The molecule has 0 heterocycles. The molecule has 0 spiro atoms. The van der Waals surface area contributed by atoms with Crippen LogP contribution < -0.4 is 0 Å². The van der Waals surface area contributed by atoms with Crippen LogP contribution in [-0.2, 0) is 9.59 Å². The van der Waals surface area contributed by atoms with Gasteiger partial charge in [-0.1, -0.05) is 55.3 Å². The van der Waals surface area contributed by atoms with E-state index in [1.807, 2.05) is 42.5 Å². The molecular weight excluding hydrogens is 332 g/mol. The van der Waals surface area contributed by atoms with Crippen molar-refractivity contribution in [2.24, 2.45) is 5.92 Å². The zero-order valence-corrected chi connectivity index (χ0v) is 14.8. The summed E-state index contributed by atoms with van der Waals surface area (Å²) in [4.78, 5) is 29.7. The molecular formula is C21H24O5. The van der Waals surface area contributed by atoms with Gasteiger partial charge in [-0.3, -0.25) is 4.79 Å². The van der Waals surface area contributed by atoms with Crippen molar-refractivity contribution in [3.63, 3.8) is 0 Å². The van der Waals surface area contributed by atoms with Crippen LogP contribution >= 0.6 is 0 Å². The van der Waals surface area contributed by atoms with E-state index in [9.17, 15) is 9.59 Å². The van der Waals surface area contributed by atoms with Crippen molar-refractivity contribution in [3.05, 3.63) is 60.2 Å². The summed E-state index contributed by atoms with van der Waals surface area (Å²) in [6.07, 6.45) is 5.91. The minimum Gasteiger partial charge on any atom is -0.481 e. The topological polar surface area (TPSA) is 91.7 Å². The minimum absolute atomic E-state index is 0.315. The van der Waals surface area contributed by atoms with Crippen molar-refractivity contribution in [1.29, 1.82) is 0 Å².